The molecule has 0 bridgehead atoms. The van der Waals surface area contributed by atoms with Crippen molar-refractivity contribution in [1.29, 1.82) is 0 Å². The summed E-state index contributed by atoms with van der Waals surface area (Å²) >= 11 is 1.64. The second-order valence-electron chi connectivity index (χ2n) is 4.02. The van der Waals surface area contributed by atoms with Crippen molar-refractivity contribution in [2.45, 2.75) is 20.0 Å². The van der Waals surface area contributed by atoms with Gasteiger partial charge in [0.2, 0.25) is 0 Å². The third kappa shape index (κ3) is 3.96. The number of carbonyl (C=O) groups is 1. The van der Waals surface area contributed by atoms with Crippen LogP contribution in [-0.4, -0.2) is 18.2 Å². The molecule has 1 heterocycles. The molecule has 0 aliphatic rings. The minimum absolute atomic E-state index is 0.445. The summed E-state index contributed by atoms with van der Waals surface area (Å²) < 4.78 is 10.2. The molecule has 0 radical (unpaired) electrons. The lowest BCUT2D eigenvalue weighted by Crippen LogP contribution is -2.10. The molecule has 106 valence electrons. The first-order valence-corrected chi connectivity index (χ1v) is 7.10. The van der Waals surface area contributed by atoms with Crippen molar-refractivity contribution in [2.24, 2.45) is 0 Å². The molecule has 5 nitrogen and oxygen atoms in total. The number of ether oxygens (including phenoxy) is 2. The Kier molecular flexibility index (Phi) is 4.95. The Morgan fingerprint density at radius 3 is 2.70 bits per heavy atom. The van der Waals surface area contributed by atoms with E-state index in [9.17, 15) is 4.79 Å². The van der Waals surface area contributed by atoms with Crippen LogP contribution in [0.1, 0.15) is 17.6 Å². The lowest BCUT2D eigenvalue weighted by atomic mass is 10.3. The molecule has 0 aliphatic heterocycles. The Balaban J connectivity index is 1.88. The van der Waals surface area contributed by atoms with Crippen LogP contribution >= 0.6 is 11.3 Å². The molecule has 2 rings (SSSR count). The Morgan fingerprint density at radius 1 is 1.35 bits per heavy atom. The van der Waals surface area contributed by atoms with Gasteiger partial charge in [0.25, 0.3) is 0 Å². The first-order chi connectivity index (χ1) is 9.71. The number of amides is 1. The Hall–Kier alpha value is -2.08. The molecule has 0 aliphatic carbocycles. The summed E-state index contributed by atoms with van der Waals surface area (Å²) in [7, 11) is 1.32. The van der Waals surface area contributed by atoms with E-state index in [1.54, 1.807) is 35.6 Å². The maximum Gasteiger partial charge on any atom is 0.411 e. The molecule has 1 aromatic carbocycles. The largest absolute Gasteiger partial charge is 0.487 e. The van der Waals surface area contributed by atoms with E-state index in [4.69, 9.17) is 4.74 Å². The van der Waals surface area contributed by atoms with Crippen LogP contribution in [0.4, 0.5) is 10.5 Å². The van der Waals surface area contributed by atoms with E-state index < -0.39 is 6.09 Å². The molecule has 0 saturated heterocycles. The number of carbonyl (C=O) groups excluding carboxylic acids is 1. The molecule has 1 N–H and O–H groups in total. The molecule has 1 amide bonds. The van der Waals surface area contributed by atoms with Gasteiger partial charge in [0.05, 0.1) is 17.8 Å². The number of nitrogens with zero attached hydrogens (tertiary/aromatic N) is 1. The fraction of sp³-hybridized carbons (Fsp3) is 0.286. The van der Waals surface area contributed by atoms with Gasteiger partial charge in [-0.15, -0.1) is 11.3 Å². The third-order valence-corrected chi connectivity index (χ3v) is 3.62. The average molecular weight is 292 g/mol. The number of aryl methyl sites for hydroxylation is 1. The number of methoxy groups -OCH3 is 1. The van der Waals surface area contributed by atoms with Crippen LogP contribution in [0.3, 0.4) is 0 Å². The normalized spacial score (nSPS) is 10.1. The molecule has 2 aromatic rings. The van der Waals surface area contributed by atoms with Crippen molar-refractivity contribution in [3.05, 3.63) is 40.3 Å². The highest BCUT2D eigenvalue weighted by atomic mass is 32.1. The molecule has 6 heteroatoms. The highest BCUT2D eigenvalue weighted by molar-refractivity contribution is 7.09. The first-order valence-electron chi connectivity index (χ1n) is 6.22. The molecule has 0 spiro atoms. The van der Waals surface area contributed by atoms with E-state index >= 15 is 0 Å². The zero-order valence-electron chi connectivity index (χ0n) is 11.4. The summed E-state index contributed by atoms with van der Waals surface area (Å²) in [5.74, 6) is 0.728. The van der Waals surface area contributed by atoms with Crippen molar-refractivity contribution in [3.63, 3.8) is 0 Å². The van der Waals surface area contributed by atoms with Gasteiger partial charge in [-0.3, -0.25) is 5.32 Å². The minimum atomic E-state index is -0.492. The van der Waals surface area contributed by atoms with Crippen molar-refractivity contribution in [2.75, 3.05) is 12.4 Å². The van der Waals surface area contributed by atoms with Crippen molar-refractivity contribution in [1.82, 2.24) is 4.98 Å². The van der Waals surface area contributed by atoms with Crippen LogP contribution in [0.15, 0.2) is 29.6 Å². The fourth-order valence-electron chi connectivity index (χ4n) is 1.54. The molecule has 1 aromatic heterocycles. The fourth-order valence-corrected chi connectivity index (χ4v) is 2.27. The highest BCUT2D eigenvalue weighted by Crippen LogP contribution is 2.18. The van der Waals surface area contributed by atoms with E-state index in [0.29, 0.717) is 12.3 Å². The summed E-state index contributed by atoms with van der Waals surface area (Å²) in [6, 6.07) is 7.09. The quantitative estimate of drug-likeness (QED) is 0.916. The monoisotopic (exact) mass is 292 g/mol. The number of rotatable bonds is 5. The number of benzene rings is 1. The van der Waals surface area contributed by atoms with Crippen LogP contribution in [-0.2, 0) is 17.8 Å². The second kappa shape index (κ2) is 6.91. The smallest absolute Gasteiger partial charge is 0.411 e. The molecule has 0 saturated carbocycles. The molecule has 0 unspecified atom stereocenters. The molecule has 0 atom stereocenters. The topological polar surface area (TPSA) is 60.5 Å². The molecule has 20 heavy (non-hydrogen) atoms. The third-order valence-electron chi connectivity index (χ3n) is 2.57. The number of nitrogens with one attached hydrogen (secondary N) is 1. The zero-order chi connectivity index (χ0) is 14.4. The highest BCUT2D eigenvalue weighted by Gasteiger charge is 2.03. The number of hydrogen-bond donors (Lipinski definition) is 1. The Morgan fingerprint density at radius 2 is 2.10 bits per heavy atom. The van der Waals surface area contributed by atoms with Gasteiger partial charge in [-0.05, 0) is 30.7 Å². The summed E-state index contributed by atoms with van der Waals surface area (Å²) in [4.78, 5) is 15.5. The molecular formula is C14H16N2O3S. The summed E-state index contributed by atoms with van der Waals surface area (Å²) in [5, 5.41) is 5.69. The van der Waals surface area contributed by atoms with E-state index in [1.807, 2.05) is 5.38 Å². The van der Waals surface area contributed by atoms with Gasteiger partial charge in [0.1, 0.15) is 12.4 Å². The van der Waals surface area contributed by atoms with E-state index in [2.05, 4.69) is 22.0 Å². The number of hydrogen-bond acceptors (Lipinski definition) is 5. The van der Waals surface area contributed by atoms with Gasteiger partial charge in [-0.2, -0.15) is 0 Å². The van der Waals surface area contributed by atoms with Gasteiger partial charge in [0, 0.05) is 11.1 Å². The Labute approximate surface area is 121 Å². The lowest BCUT2D eigenvalue weighted by molar-refractivity contribution is 0.187. The van der Waals surface area contributed by atoms with Crippen molar-refractivity contribution < 1.29 is 14.3 Å². The number of thiazole rings is 1. The standard InChI is InChI=1S/C14H16N2O3S/c1-3-13-15-11(9-20-13)8-19-12-6-4-10(5-7-12)16-14(17)18-2/h4-7,9H,3,8H2,1-2H3,(H,16,17). The SMILES string of the molecule is CCc1nc(COc2ccc(NC(=O)OC)cc2)cs1. The van der Waals surface area contributed by atoms with Crippen LogP contribution in [0.2, 0.25) is 0 Å². The van der Waals surface area contributed by atoms with Gasteiger partial charge < -0.3 is 9.47 Å². The predicted octanol–water partition coefficient (Wildman–Crippen LogP) is 3.46. The van der Waals surface area contributed by atoms with Crippen LogP contribution < -0.4 is 10.1 Å². The van der Waals surface area contributed by atoms with E-state index in [0.717, 1.165) is 22.9 Å². The minimum Gasteiger partial charge on any atom is -0.487 e. The predicted molar refractivity (Wildman–Crippen MR) is 78.3 cm³/mol. The van der Waals surface area contributed by atoms with E-state index in [1.165, 1.54) is 7.11 Å². The lowest BCUT2D eigenvalue weighted by Gasteiger charge is -2.06. The van der Waals surface area contributed by atoms with Gasteiger partial charge in [-0.25, -0.2) is 9.78 Å². The first kappa shape index (κ1) is 14.3. The van der Waals surface area contributed by atoms with Crippen molar-refractivity contribution >= 4 is 23.1 Å². The van der Waals surface area contributed by atoms with Crippen LogP contribution in [0.5, 0.6) is 5.75 Å². The number of anilines is 1. The maximum absolute atomic E-state index is 11.0. The molecular weight excluding hydrogens is 276 g/mol. The van der Waals surface area contributed by atoms with Crippen LogP contribution in [0, 0.1) is 0 Å². The summed E-state index contributed by atoms with van der Waals surface area (Å²) in [5.41, 5.74) is 1.59. The van der Waals surface area contributed by atoms with Crippen LogP contribution in [0.25, 0.3) is 0 Å². The second-order valence-corrected chi connectivity index (χ2v) is 4.96. The number of aromatic nitrogens is 1. The van der Waals surface area contributed by atoms with Gasteiger partial charge >= 0.3 is 6.09 Å². The average Bonchev–Trinajstić information content (AvgIpc) is 2.94. The molecule has 0 fully saturated rings. The van der Waals surface area contributed by atoms with Gasteiger partial charge in [-0.1, -0.05) is 6.92 Å². The van der Waals surface area contributed by atoms with Gasteiger partial charge in [0.15, 0.2) is 0 Å². The zero-order valence-corrected chi connectivity index (χ0v) is 12.2. The Bertz CT molecular complexity index is 566. The van der Waals surface area contributed by atoms with E-state index in [-0.39, 0.29) is 0 Å². The summed E-state index contributed by atoms with van der Waals surface area (Å²) in [6.07, 6.45) is 0.451. The maximum atomic E-state index is 11.0. The van der Waals surface area contributed by atoms with Crippen molar-refractivity contribution in [3.8, 4) is 5.75 Å². The summed E-state index contributed by atoms with van der Waals surface area (Å²) in [6.45, 7) is 2.52.